The Morgan fingerprint density at radius 3 is 2.70 bits per heavy atom. The Labute approximate surface area is 139 Å². The second-order valence-electron chi connectivity index (χ2n) is 7.27. The lowest BCUT2D eigenvalue weighted by Gasteiger charge is -2.45. The quantitative estimate of drug-likeness (QED) is 0.799. The summed E-state index contributed by atoms with van der Waals surface area (Å²) in [5.41, 5.74) is 5.28. The predicted molar refractivity (Wildman–Crippen MR) is 91.5 cm³/mol. The lowest BCUT2D eigenvalue weighted by atomic mass is 9.95. The fraction of sp³-hybridized carbons (Fsp3) is 0.632. The third-order valence-corrected chi connectivity index (χ3v) is 4.85. The molecule has 0 saturated carbocycles. The summed E-state index contributed by atoms with van der Waals surface area (Å²) in [6.07, 6.45) is 0.219. The van der Waals surface area contributed by atoms with E-state index in [-0.39, 0.29) is 17.6 Å². The summed E-state index contributed by atoms with van der Waals surface area (Å²) in [5.74, 6) is -0.211. The lowest BCUT2D eigenvalue weighted by Crippen LogP contribution is -2.56. The number of carbonyl (C=O) groups is 1. The maximum Gasteiger partial charge on any atom is 0.308 e. The van der Waals surface area contributed by atoms with Crippen molar-refractivity contribution in [1.29, 1.82) is 0 Å². The van der Waals surface area contributed by atoms with Crippen molar-refractivity contribution in [1.82, 2.24) is 4.90 Å². The number of methoxy groups -OCH3 is 1. The topological polar surface area (TPSA) is 38.8 Å². The molecule has 4 nitrogen and oxygen atoms in total. The number of hydrogen-bond acceptors (Lipinski definition) is 4. The van der Waals surface area contributed by atoms with Gasteiger partial charge >= 0.3 is 5.97 Å². The van der Waals surface area contributed by atoms with Gasteiger partial charge < -0.3 is 9.47 Å². The summed E-state index contributed by atoms with van der Waals surface area (Å²) in [5, 5.41) is 0. The van der Waals surface area contributed by atoms with Gasteiger partial charge in [-0.2, -0.15) is 0 Å². The van der Waals surface area contributed by atoms with E-state index in [9.17, 15) is 4.79 Å². The van der Waals surface area contributed by atoms with Gasteiger partial charge in [-0.1, -0.05) is 17.7 Å². The molecule has 128 valence electrons. The molecule has 4 heteroatoms. The minimum absolute atomic E-state index is 0.0449. The van der Waals surface area contributed by atoms with Crippen LogP contribution in [-0.4, -0.2) is 42.8 Å². The Hall–Kier alpha value is -1.39. The first-order chi connectivity index (χ1) is 10.7. The highest BCUT2D eigenvalue weighted by molar-refractivity contribution is 5.69. The maximum absolute atomic E-state index is 11.5. The van der Waals surface area contributed by atoms with E-state index in [1.807, 2.05) is 0 Å². The molecular weight excluding hydrogens is 290 g/mol. The monoisotopic (exact) mass is 319 g/mol. The molecule has 0 amide bonds. The van der Waals surface area contributed by atoms with Crippen LogP contribution in [0.15, 0.2) is 12.1 Å². The molecule has 0 spiro atoms. The summed E-state index contributed by atoms with van der Waals surface area (Å²) in [6, 6.07) is 4.49. The van der Waals surface area contributed by atoms with Crippen molar-refractivity contribution in [2.75, 3.05) is 20.3 Å². The molecule has 0 bridgehead atoms. The Morgan fingerprint density at radius 1 is 1.35 bits per heavy atom. The summed E-state index contributed by atoms with van der Waals surface area (Å²) >= 11 is 0. The highest BCUT2D eigenvalue weighted by Crippen LogP contribution is 2.27. The molecule has 0 aromatic heterocycles. The number of hydrogen-bond donors (Lipinski definition) is 0. The van der Waals surface area contributed by atoms with Crippen LogP contribution in [0.5, 0.6) is 0 Å². The van der Waals surface area contributed by atoms with Gasteiger partial charge in [0.15, 0.2) is 0 Å². The van der Waals surface area contributed by atoms with E-state index in [2.05, 4.69) is 51.7 Å². The van der Waals surface area contributed by atoms with Crippen molar-refractivity contribution >= 4 is 5.97 Å². The fourth-order valence-corrected chi connectivity index (χ4v) is 3.13. The van der Waals surface area contributed by atoms with E-state index >= 15 is 0 Å². The number of nitrogens with zero attached hydrogens (tertiary/aromatic N) is 1. The van der Waals surface area contributed by atoms with Gasteiger partial charge in [0.05, 0.1) is 26.2 Å². The summed E-state index contributed by atoms with van der Waals surface area (Å²) < 4.78 is 10.6. The molecule has 1 aromatic carbocycles. The van der Waals surface area contributed by atoms with E-state index in [0.717, 1.165) is 13.1 Å². The van der Waals surface area contributed by atoms with Crippen LogP contribution in [0.4, 0.5) is 0 Å². The van der Waals surface area contributed by atoms with Gasteiger partial charge in [-0.25, -0.2) is 0 Å². The van der Waals surface area contributed by atoms with E-state index in [4.69, 9.17) is 9.47 Å². The number of ether oxygens (including phenoxy) is 2. The zero-order chi connectivity index (χ0) is 17.2. The minimum atomic E-state index is -0.211. The third-order valence-electron chi connectivity index (χ3n) is 4.85. The van der Waals surface area contributed by atoms with Crippen LogP contribution in [-0.2, 0) is 20.8 Å². The molecule has 1 saturated heterocycles. The summed E-state index contributed by atoms with van der Waals surface area (Å²) in [4.78, 5) is 14.0. The first kappa shape index (κ1) is 18.0. The van der Waals surface area contributed by atoms with Crippen LogP contribution in [0.2, 0.25) is 0 Å². The second-order valence-corrected chi connectivity index (χ2v) is 7.27. The molecule has 1 aliphatic rings. The minimum Gasteiger partial charge on any atom is -0.469 e. The Kier molecular flexibility index (Phi) is 5.48. The average Bonchev–Trinajstić information content (AvgIpc) is 2.47. The number of esters is 1. The molecule has 0 aliphatic carbocycles. The smallest absolute Gasteiger partial charge is 0.308 e. The molecule has 23 heavy (non-hydrogen) atoms. The van der Waals surface area contributed by atoms with Crippen molar-refractivity contribution in [2.24, 2.45) is 0 Å². The fourth-order valence-electron chi connectivity index (χ4n) is 3.13. The molecule has 1 atom stereocenters. The van der Waals surface area contributed by atoms with Crippen molar-refractivity contribution < 1.29 is 14.3 Å². The van der Waals surface area contributed by atoms with Gasteiger partial charge in [0.1, 0.15) is 0 Å². The number of carbonyl (C=O) groups excluding carboxylic acids is 1. The highest BCUT2D eigenvalue weighted by atomic mass is 16.5. The van der Waals surface area contributed by atoms with Crippen LogP contribution >= 0.6 is 0 Å². The van der Waals surface area contributed by atoms with Crippen LogP contribution < -0.4 is 0 Å². The van der Waals surface area contributed by atoms with Crippen molar-refractivity contribution in [3.8, 4) is 0 Å². The molecule has 0 radical (unpaired) electrons. The summed E-state index contributed by atoms with van der Waals surface area (Å²) in [6.45, 7) is 13.1. The zero-order valence-electron chi connectivity index (χ0n) is 15.2. The van der Waals surface area contributed by atoms with Gasteiger partial charge in [-0.05, 0) is 51.3 Å². The molecular formula is C19H29NO3. The number of rotatable bonds is 4. The molecule has 2 rings (SSSR count). The second kappa shape index (κ2) is 7.02. The molecule has 1 aliphatic heterocycles. The molecule has 0 N–H and O–H groups in total. The van der Waals surface area contributed by atoms with Gasteiger partial charge in [0.25, 0.3) is 0 Å². The molecule has 1 fully saturated rings. The van der Waals surface area contributed by atoms with Gasteiger partial charge in [0, 0.05) is 18.6 Å². The normalized spacial score (nSPS) is 21.2. The van der Waals surface area contributed by atoms with Crippen molar-refractivity contribution in [3.63, 3.8) is 0 Å². The van der Waals surface area contributed by atoms with Crippen LogP contribution in [0, 0.1) is 20.8 Å². The van der Waals surface area contributed by atoms with E-state index in [1.54, 1.807) is 0 Å². The third kappa shape index (κ3) is 4.33. The van der Waals surface area contributed by atoms with E-state index in [0.29, 0.717) is 13.0 Å². The van der Waals surface area contributed by atoms with E-state index in [1.165, 1.54) is 29.4 Å². The first-order valence-corrected chi connectivity index (χ1v) is 8.23. The SMILES string of the molecule is COC(=O)CC1CN(Cc2cc(C)cc(C)c2C)C(C)(C)CO1. The first-order valence-electron chi connectivity index (χ1n) is 8.23. The zero-order valence-corrected chi connectivity index (χ0v) is 15.2. The molecule has 1 unspecified atom stereocenters. The van der Waals surface area contributed by atoms with Crippen LogP contribution in [0.1, 0.15) is 42.5 Å². The van der Waals surface area contributed by atoms with Crippen LogP contribution in [0.25, 0.3) is 0 Å². The van der Waals surface area contributed by atoms with E-state index < -0.39 is 0 Å². The molecule has 1 aromatic rings. The van der Waals surface area contributed by atoms with Gasteiger partial charge in [0.2, 0.25) is 0 Å². The average molecular weight is 319 g/mol. The van der Waals surface area contributed by atoms with Crippen molar-refractivity contribution in [2.45, 2.75) is 59.2 Å². The van der Waals surface area contributed by atoms with Crippen molar-refractivity contribution in [3.05, 3.63) is 34.4 Å². The Morgan fingerprint density at radius 2 is 2.04 bits per heavy atom. The number of aryl methyl sites for hydroxylation is 2. The van der Waals surface area contributed by atoms with Gasteiger partial charge in [-0.15, -0.1) is 0 Å². The van der Waals surface area contributed by atoms with Gasteiger partial charge in [-0.3, -0.25) is 9.69 Å². The number of morpholine rings is 1. The summed E-state index contributed by atoms with van der Waals surface area (Å²) in [7, 11) is 1.42. The Balaban J connectivity index is 2.16. The highest BCUT2D eigenvalue weighted by Gasteiger charge is 2.36. The lowest BCUT2D eigenvalue weighted by molar-refractivity contribution is -0.150. The Bertz CT molecular complexity index is 580. The van der Waals surface area contributed by atoms with Crippen LogP contribution in [0.3, 0.4) is 0 Å². The number of benzene rings is 1. The maximum atomic E-state index is 11.5. The largest absolute Gasteiger partial charge is 0.469 e. The molecule has 1 heterocycles. The predicted octanol–water partition coefficient (Wildman–Crippen LogP) is 3.15. The standard InChI is InChI=1S/C19H29NO3/c1-13-7-14(2)15(3)16(8-13)10-20-11-17(9-18(21)22-6)23-12-19(20,4)5/h7-8,17H,9-12H2,1-6H3.